The highest BCUT2D eigenvalue weighted by Crippen LogP contribution is 2.53. The molecular weight excluding hydrogens is 353 g/mol. The molecule has 1 saturated carbocycles. The highest BCUT2D eigenvalue weighted by atomic mass is 35.5. The highest BCUT2D eigenvalue weighted by Gasteiger charge is 2.46. The quantitative estimate of drug-likeness (QED) is 0.585. The molecule has 1 aromatic heterocycles. The Morgan fingerprint density at radius 2 is 2.19 bits per heavy atom. The van der Waals surface area contributed by atoms with Crippen molar-refractivity contribution in [1.29, 1.82) is 0 Å². The number of halogens is 2. The standard InChI is InChI=1S/C20H21ClFN3O/c1-10-5-6-20(7-10)9-25-19-16(20)17(21)13(8-24-19)12-3-4-14(23)15(11(2)26)18(12)22/h3-4,8,10H,5-7,9,23H2,1-2H3,(H,24,25)/t10-,20-/m0/s1. The van der Waals surface area contributed by atoms with E-state index in [1.807, 2.05) is 0 Å². The van der Waals surface area contributed by atoms with Crippen molar-refractivity contribution in [3.63, 3.8) is 0 Å². The normalized spacial score (nSPS) is 23.9. The molecule has 1 aliphatic carbocycles. The van der Waals surface area contributed by atoms with Crippen LogP contribution >= 0.6 is 11.6 Å². The number of carbonyl (C=O) groups excluding carboxylic acids is 1. The Morgan fingerprint density at radius 3 is 2.85 bits per heavy atom. The molecule has 1 spiro atoms. The fraction of sp³-hybridized carbons (Fsp3) is 0.400. The van der Waals surface area contributed by atoms with Crippen LogP contribution in [0.15, 0.2) is 18.3 Å². The molecular formula is C20H21ClFN3O. The number of aromatic nitrogens is 1. The van der Waals surface area contributed by atoms with E-state index in [-0.39, 0.29) is 22.2 Å². The van der Waals surface area contributed by atoms with Gasteiger partial charge in [0.15, 0.2) is 5.78 Å². The molecule has 0 radical (unpaired) electrons. The molecule has 136 valence electrons. The lowest BCUT2D eigenvalue weighted by atomic mass is 9.80. The Bertz CT molecular complexity index is 926. The summed E-state index contributed by atoms with van der Waals surface area (Å²) in [5.74, 6) is 0.367. The number of nitrogens with one attached hydrogen (secondary N) is 1. The van der Waals surface area contributed by atoms with E-state index in [2.05, 4.69) is 17.2 Å². The number of nitrogens with two attached hydrogens (primary N) is 1. The first-order valence-electron chi connectivity index (χ1n) is 8.86. The van der Waals surface area contributed by atoms with E-state index in [1.165, 1.54) is 6.92 Å². The third-order valence-corrected chi connectivity index (χ3v) is 6.20. The lowest BCUT2D eigenvalue weighted by molar-refractivity contribution is 0.101. The number of Topliss-reactive ketones (excluding diaryl/α,β-unsaturated/α-hetero) is 1. The van der Waals surface area contributed by atoms with Gasteiger partial charge in [0.05, 0.1) is 10.6 Å². The van der Waals surface area contributed by atoms with Crippen molar-refractivity contribution in [2.75, 3.05) is 17.6 Å². The molecule has 26 heavy (non-hydrogen) atoms. The second kappa shape index (κ2) is 5.95. The number of pyridine rings is 1. The van der Waals surface area contributed by atoms with Gasteiger partial charge < -0.3 is 11.1 Å². The number of carbonyl (C=O) groups is 1. The fourth-order valence-electron chi connectivity index (χ4n) is 4.57. The predicted octanol–water partition coefficient (Wildman–Crippen LogP) is 4.81. The number of anilines is 2. The zero-order valence-corrected chi connectivity index (χ0v) is 15.6. The summed E-state index contributed by atoms with van der Waals surface area (Å²) in [6.07, 6.45) is 4.80. The van der Waals surface area contributed by atoms with Gasteiger partial charge >= 0.3 is 0 Å². The second-order valence-corrected chi connectivity index (χ2v) is 8.02. The molecule has 0 amide bonds. The molecule has 3 N–H and O–H groups in total. The molecule has 2 atom stereocenters. The monoisotopic (exact) mass is 373 g/mol. The van der Waals surface area contributed by atoms with Gasteiger partial charge in [0.2, 0.25) is 0 Å². The maximum atomic E-state index is 15.0. The SMILES string of the molecule is CC(=O)c1c(N)ccc(-c2cnc3c(c2Cl)[C@]2(CC[C@H](C)C2)CN3)c1F. The molecule has 2 heterocycles. The van der Waals surface area contributed by atoms with E-state index in [4.69, 9.17) is 17.3 Å². The van der Waals surface area contributed by atoms with Gasteiger partial charge in [0.1, 0.15) is 11.6 Å². The number of hydrogen-bond donors (Lipinski definition) is 2. The number of rotatable bonds is 2. The maximum absolute atomic E-state index is 15.0. The molecule has 4 nitrogen and oxygen atoms in total. The van der Waals surface area contributed by atoms with E-state index in [0.29, 0.717) is 16.5 Å². The van der Waals surface area contributed by atoms with Crippen LogP contribution in [0.25, 0.3) is 11.1 Å². The summed E-state index contributed by atoms with van der Waals surface area (Å²) < 4.78 is 15.0. The number of ketones is 1. The van der Waals surface area contributed by atoms with Crippen molar-refractivity contribution >= 4 is 28.9 Å². The summed E-state index contributed by atoms with van der Waals surface area (Å²) in [6.45, 7) is 4.36. The van der Waals surface area contributed by atoms with E-state index < -0.39 is 11.6 Å². The van der Waals surface area contributed by atoms with Crippen LogP contribution in [0, 0.1) is 11.7 Å². The van der Waals surface area contributed by atoms with E-state index >= 15 is 4.39 Å². The van der Waals surface area contributed by atoms with Gasteiger partial charge in [-0.25, -0.2) is 9.37 Å². The molecule has 0 saturated heterocycles. The minimum atomic E-state index is -0.638. The Kier molecular flexibility index (Phi) is 3.95. The lowest BCUT2D eigenvalue weighted by Crippen LogP contribution is -2.25. The summed E-state index contributed by atoms with van der Waals surface area (Å²) in [7, 11) is 0. The van der Waals surface area contributed by atoms with Crippen LogP contribution in [-0.4, -0.2) is 17.3 Å². The lowest BCUT2D eigenvalue weighted by Gasteiger charge is -2.25. The van der Waals surface area contributed by atoms with Crippen molar-refractivity contribution in [2.45, 2.75) is 38.5 Å². The number of nitrogens with zero attached hydrogens (tertiary/aromatic N) is 1. The molecule has 1 aliphatic heterocycles. The second-order valence-electron chi connectivity index (χ2n) is 7.64. The van der Waals surface area contributed by atoms with Gasteiger partial charge in [-0.3, -0.25) is 4.79 Å². The van der Waals surface area contributed by atoms with E-state index in [1.54, 1.807) is 18.3 Å². The number of fused-ring (bicyclic) bond motifs is 2. The van der Waals surface area contributed by atoms with Crippen molar-refractivity contribution in [1.82, 2.24) is 4.98 Å². The molecule has 2 aromatic rings. The summed E-state index contributed by atoms with van der Waals surface area (Å²) in [4.78, 5) is 16.3. The van der Waals surface area contributed by atoms with Gasteiger partial charge in [0.25, 0.3) is 0 Å². The van der Waals surface area contributed by atoms with Crippen LogP contribution in [-0.2, 0) is 5.41 Å². The van der Waals surface area contributed by atoms with Crippen LogP contribution in [0.1, 0.15) is 49.0 Å². The van der Waals surface area contributed by atoms with Crippen LogP contribution in [0.5, 0.6) is 0 Å². The first kappa shape index (κ1) is 17.3. The molecule has 2 aliphatic rings. The Labute approximate surface area is 157 Å². The predicted molar refractivity (Wildman–Crippen MR) is 102 cm³/mol. The minimum Gasteiger partial charge on any atom is -0.398 e. The van der Waals surface area contributed by atoms with Crippen molar-refractivity contribution in [3.8, 4) is 11.1 Å². The number of nitrogen functional groups attached to an aromatic ring is 1. The third-order valence-electron chi connectivity index (χ3n) is 5.81. The Hall–Kier alpha value is -2.14. The average Bonchev–Trinajstić information content (AvgIpc) is 3.13. The van der Waals surface area contributed by atoms with Crippen molar-refractivity contribution < 1.29 is 9.18 Å². The first-order valence-corrected chi connectivity index (χ1v) is 9.24. The van der Waals surface area contributed by atoms with Gasteiger partial charge in [-0.15, -0.1) is 0 Å². The van der Waals surface area contributed by atoms with Gasteiger partial charge in [-0.1, -0.05) is 18.5 Å². The maximum Gasteiger partial charge on any atom is 0.164 e. The largest absolute Gasteiger partial charge is 0.398 e. The third kappa shape index (κ3) is 2.41. The van der Waals surface area contributed by atoms with E-state index in [0.717, 1.165) is 37.2 Å². The van der Waals surface area contributed by atoms with Crippen molar-refractivity contribution in [3.05, 3.63) is 40.3 Å². The first-order chi connectivity index (χ1) is 12.3. The Morgan fingerprint density at radius 1 is 1.42 bits per heavy atom. The van der Waals surface area contributed by atoms with Gasteiger partial charge in [-0.05, 0) is 44.2 Å². The molecule has 6 heteroatoms. The minimum absolute atomic E-state index is 0.0392. The molecule has 1 aromatic carbocycles. The summed E-state index contributed by atoms with van der Waals surface area (Å²) in [6, 6.07) is 3.11. The molecule has 1 fully saturated rings. The average molecular weight is 374 g/mol. The zero-order valence-electron chi connectivity index (χ0n) is 14.8. The van der Waals surface area contributed by atoms with E-state index in [9.17, 15) is 4.79 Å². The highest BCUT2D eigenvalue weighted by molar-refractivity contribution is 6.34. The summed E-state index contributed by atoms with van der Waals surface area (Å²) in [5, 5.41) is 3.88. The summed E-state index contributed by atoms with van der Waals surface area (Å²) >= 11 is 6.79. The molecule has 0 unspecified atom stereocenters. The number of benzene rings is 1. The molecule has 4 rings (SSSR count). The van der Waals surface area contributed by atoms with Gasteiger partial charge in [-0.2, -0.15) is 0 Å². The Balaban J connectivity index is 1.90. The smallest absolute Gasteiger partial charge is 0.164 e. The van der Waals surface area contributed by atoms with Crippen LogP contribution < -0.4 is 11.1 Å². The molecule has 0 bridgehead atoms. The van der Waals surface area contributed by atoms with Gasteiger partial charge in [0, 0.05) is 40.5 Å². The number of hydrogen-bond acceptors (Lipinski definition) is 4. The fourth-order valence-corrected chi connectivity index (χ4v) is 5.01. The summed E-state index contributed by atoms with van der Waals surface area (Å²) in [5.41, 5.74) is 7.54. The topological polar surface area (TPSA) is 68.0 Å². The van der Waals surface area contributed by atoms with Crippen LogP contribution in [0.2, 0.25) is 5.02 Å². The van der Waals surface area contributed by atoms with Crippen molar-refractivity contribution in [2.24, 2.45) is 5.92 Å². The van der Waals surface area contributed by atoms with Crippen LogP contribution in [0.3, 0.4) is 0 Å². The zero-order chi connectivity index (χ0) is 18.6. The van der Waals surface area contributed by atoms with Crippen LogP contribution in [0.4, 0.5) is 15.9 Å².